The minimum absolute atomic E-state index is 0.150. The van der Waals surface area contributed by atoms with Gasteiger partial charge in [0.2, 0.25) is 11.9 Å². The number of methoxy groups -OCH3 is 1. The van der Waals surface area contributed by atoms with Gasteiger partial charge in [0, 0.05) is 44.7 Å². The molecule has 0 unspecified atom stereocenters. The summed E-state index contributed by atoms with van der Waals surface area (Å²) in [4.78, 5) is 30.2. The van der Waals surface area contributed by atoms with Gasteiger partial charge in [-0.15, -0.1) is 0 Å². The Hall–Kier alpha value is -2.83. The summed E-state index contributed by atoms with van der Waals surface area (Å²) in [5, 5.41) is 0. The van der Waals surface area contributed by atoms with E-state index >= 15 is 0 Å². The van der Waals surface area contributed by atoms with E-state index < -0.39 is 0 Å². The van der Waals surface area contributed by atoms with Crippen LogP contribution in [0.3, 0.4) is 0 Å². The van der Waals surface area contributed by atoms with E-state index in [2.05, 4.69) is 16.7 Å². The third kappa shape index (κ3) is 4.98. The molecule has 1 aromatic heterocycles. The number of hydrogen-bond donors (Lipinski definition) is 0. The first-order valence-corrected chi connectivity index (χ1v) is 12.9. The molecule has 0 bridgehead atoms. The van der Waals surface area contributed by atoms with Crippen LogP contribution in [0.2, 0.25) is 0 Å². The lowest BCUT2D eigenvalue weighted by atomic mass is 9.98. The van der Waals surface area contributed by atoms with E-state index in [1.165, 1.54) is 32.1 Å². The molecule has 0 saturated carbocycles. The van der Waals surface area contributed by atoms with Gasteiger partial charge in [0.05, 0.1) is 25.8 Å². The Bertz CT molecular complexity index is 1010. The van der Waals surface area contributed by atoms with Crippen LogP contribution in [0.4, 0.5) is 11.8 Å². The molecule has 2 aromatic rings. The van der Waals surface area contributed by atoms with Crippen molar-refractivity contribution in [3.63, 3.8) is 0 Å². The second kappa shape index (κ2) is 10.2. The molecule has 2 fully saturated rings. The van der Waals surface area contributed by atoms with Crippen LogP contribution in [-0.2, 0) is 24.2 Å². The fourth-order valence-electron chi connectivity index (χ4n) is 5.38. The number of benzene rings is 1. The van der Waals surface area contributed by atoms with Gasteiger partial charge in [0.25, 0.3) is 0 Å². The van der Waals surface area contributed by atoms with Gasteiger partial charge >= 0.3 is 0 Å². The van der Waals surface area contributed by atoms with E-state index in [4.69, 9.17) is 14.7 Å². The zero-order chi connectivity index (χ0) is 23.5. The predicted octanol–water partition coefficient (Wildman–Crippen LogP) is 3.84. The SMILES string of the molecule is COc1cccc(CC(=O)N2CCc3nc(N4CCCCC4)nc(N4CCC(C)CC4)c3C2)c1. The van der Waals surface area contributed by atoms with Gasteiger partial charge < -0.3 is 19.4 Å². The number of ether oxygens (including phenoxy) is 1. The highest BCUT2D eigenvalue weighted by atomic mass is 16.5. The van der Waals surface area contributed by atoms with Gasteiger partial charge in [0.15, 0.2) is 0 Å². The van der Waals surface area contributed by atoms with Gasteiger partial charge in [-0.3, -0.25) is 4.79 Å². The molecular weight excluding hydrogens is 426 g/mol. The second-order valence-electron chi connectivity index (χ2n) is 10.1. The molecule has 3 aliphatic rings. The lowest BCUT2D eigenvalue weighted by Crippen LogP contribution is -2.41. The molecule has 0 N–H and O–H groups in total. The number of fused-ring (bicyclic) bond motifs is 1. The number of carbonyl (C=O) groups is 1. The normalized spacial score (nSPS) is 19.2. The fraction of sp³-hybridized carbons (Fsp3) is 0.593. The second-order valence-corrected chi connectivity index (χ2v) is 10.1. The van der Waals surface area contributed by atoms with E-state index in [9.17, 15) is 4.79 Å². The summed E-state index contributed by atoms with van der Waals surface area (Å²) in [5.41, 5.74) is 3.27. The lowest BCUT2D eigenvalue weighted by molar-refractivity contribution is -0.131. The molecule has 4 heterocycles. The topological polar surface area (TPSA) is 61.8 Å². The quantitative estimate of drug-likeness (QED) is 0.672. The van der Waals surface area contributed by atoms with E-state index in [-0.39, 0.29) is 5.91 Å². The summed E-state index contributed by atoms with van der Waals surface area (Å²) in [7, 11) is 1.66. The first kappa shape index (κ1) is 22.9. The van der Waals surface area contributed by atoms with Gasteiger partial charge in [-0.2, -0.15) is 4.98 Å². The van der Waals surface area contributed by atoms with Crippen LogP contribution in [0, 0.1) is 5.92 Å². The van der Waals surface area contributed by atoms with Crippen LogP contribution >= 0.6 is 0 Å². The molecule has 1 amide bonds. The van der Waals surface area contributed by atoms with Gasteiger partial charge in [-0.25, -0.2) is 4.98 Å². The number of anilines is 2. The molecule has 0 radical (unpaired) electrons. The van der Waals surface area contributed by atoms with E-state index in [1.807, 2.05) is 29.2 Å². The standard InChI is InChI=1S/C27H37N5O2/c1-20-9-14-30(15-10-20)26-23-19-32(25(33)18-21-7-6-8-22(17-21)34-2)16-11-24(23)28-27(29-26)31-12-4-3-5-13-31/h6-8,17,20H,3-5,9-16,18-19H2,1-2H3. The molecule has 34 heavy (non-hydrogen) atoms. The van der Waals surface area contributed by atoms with E-state index in [1.54, 1.807) is 7.11 Å². The molecule has 2 saturated heterocycles. The maximum Gasteiger partial charge on any atom is 0.227 e. The summed E-state index contributed by atoms with van der Waals surface area (Å²) in [5.74, 6) is 3.66. The van der Waals surface area contributed by atoms with Gasteiger partial charge in [0.1, 0.15) is 11.6 Å². The van der Waals surface area contributed by atoms with Crippen molar-refractivity contribution in [1.29, 1.82) is 0 Å². The van der Waals surface area contributed by atoms with Crippen molar-refractivity contribution in [3.8, 4) is 5.75 Å². The molecule has 7 heteroatoms. The molecule has 5 rings (SSSR count). The monoisotopic (exact) mass is 463 g/mol. The third-order valence-electron chi connectivity index (χ3n) is 7.59. The molecule has 1 aromatic carbocycles. The first-order valence-electron chi connectivity index (χ1n) is 12.9. The van der Waals surface area contributed by atoms with Crippen LogP contribution < -0.4 is 14.5 Å². The maximum atomic E-state index is 13.2. The third-order valence-corrected chi connectivity index (χ3v) is 7.59. The Balaban J connectivity index is 1.40. The van der Waals surface area contributed by atoms with Crippen LogP contribution in [0.1, 0.15) is 55.8 Å². The summed E-state index contributed by atoms with van der Waals surface area (Å²) in [6.45, 7) is 7.79. The van der Waals surface area contributed by atoms with Gasteiger partial charge in [-0.1, -0.05) is 19.1 Å². The zero-order valence-corrected chi connectivity index (χ0v) is 20.6. The predicted molar refractivity (Wildman–Crippen MR) is 135 cm³/mol. The average Bonchev–Trinajstić information content (AvgIpc) is 2.89. The van der Waals surface area contributed by atoms with Crippen molar-refractivity contribution < 1.29 is 9.53 Å². The number of amides is 1. The average molecular weight is 464 g/mol. The van der Waals surface area contributed by atoms with Crippen LogP contribution in [0.15, 0.2) is 24.3 Å². The van der Waals surface area contributed by atoms with Crippen molar-refractivity contribution in [2.24, 2.45) is 5.92 Å². The Morgan fingerprint density at radius 3 is 2.59 bits per heavy atom. The fourth-order valence-corrected chi connectivity index (χ4v) is 5.38. The van der Waals surface area contributed by atoms with E-state index in [0.717, 1.165) is 72.9 Å². The van der Waals surface area contributed by atoms with Crippen molar-refractivity contribution in [3.05, 3.63) is 41.1 Å². The smallest absolute Gasteiger partial charge is 0.227 e. The Labute approximate surface area is 203 Å². The van der Waals surface area contributed by atoms with Crippen LogP contribution in [0.25, 0.3) is 0 Å². The van der Waals surface area contributed by atoms with Crippen LogP contribution in [-0.4, -0.2) is 60.6 Å². The first-order chi connectivity index (χ1) is 16.6. The molecule has 0 spiro atoms. The summed E-state index contributed by atoms with van der Waals surface area (Å²) in [6, 6.07) is 7.79. The maximum absolute atomic E-state index is 13.2. The number of carbonyl (C=O) groups excluding carboxylic acids is 1. The molecule has 0 aliphatic carbocycles. The number of nitrogens with zero attached hydrogens (tertiary/aromatic N) is 5. The van der Waals surface area contributed by atoms with E-state index in [0.29, 0.717) is 19.5 Å². The van der Waals surface area contributed by atoms with Crippen molar-refractivity contribution in [2.45, 2.75) is 58.4 Å². The Kier molecular flexibility index (Phi) is 6.88. The minimum Gasteiger partial charge on any atom is -0.497 e. The highest BCUT2D eigenvalue weighted by Crippen LogP contribution is 2.32. The van der Waals surface area contributed by atoms with Crippen molar-refractivity contribution in [2.75, 3.05) is 49.6 Å². The molecule has 182 valence electrons. The zero-order valence-electron chi connectivity index (χ0n) is 20.6. The molecule has 7 nitrogen and oxygen atoms in total. The Morgan fingerprint density at radius 2 is 1.82 bits per heavy atom. The highest BCUT2D eigenvalue weighted by molar-refractivity contribution is 5.79. The van der Waals surface area contributed by atoms with Crippen molar-refractivity contribution >= 4 is 17.7 Å². The molecule has 0 atom stereocenters. The van der Waals surface area contributed by atoms with Gasteiger partial charge in [-0.05, 0) is 55.7 Å². The number of aromatic nitrogens is 2. The number of rotatable bonds is 5. The molecular formula is C27H37N5O2. The number of hydrogen-bond acceptors (Lipinski definition) is 6. The molecule has 3 aliphatic heterocycles. The van der Waals surface area contributed by atoms with Crippen LogP contribution in [0.5, 0.6) is 5.75 Å². The highest BCUT2D eigenvalue weighted by Gasteiger charge is 2.30. The summed E-state index contributed by atoms with van der Waals surface area (Å²) in [6.07, 6.45) is 7.28. The Morgan fingerprint density at radius 1 is 1.03 bits per heavy atom. The summed E-state index contributed by atoms with van der Waals surface area (Å²) >= 11 is 0. The minimum atomic E-state index is 0.150. The van der Waals surface area contributed by atoms with Crippen molar-refractivity contribution in [1.82, 2.24) is 14.9 Å². The summed E-state index contributed by atoms with van der Waals surface area (Å²) < 4.78 is 5.33. The largest absolute Gasteiger partial charge is 0.497 e. The number of piperidine rings is 2. The lowest BCUT2D eigenvalue weighted by Gasteiger charge is -2.37.